The summed E-state index contributed by atoms with van der Waals surface area (Å²) in [5.74, 6) is 0.786. The van der Waals surface area contributed by atoms with Crippen LogP contribution in [0.2, 0.25) is 0 Å². The van der Waals surface area contributed by atoms with Gasteiger partial charge in [0.1, 0.15) is 0 Å². The quantitative estimate of drug-likeness (QED) is 0.609. The summed E-state index contributed by atoms with van der Waals surface area (Å²) in [7, 11) is 1.99. The molecule has 0 atom stereocenters. The third-order valence-electron chi connectivity index (χ3n) is 2.28. The summed E-state index contributed by atoms with van der Waals surface area (Å²) < 4.78 is 0. The maximum absolute atomic E-state index is 10.5. The second kappa shape index (κ2) is 3.72. The van der Waals surface area contributed by atoms with E-state index in [0.29, 0.717) is 12.0 Å². The third-order valence-corrected chi connectivity index (χ3v) is 2.28. The van der Waals surface area contributed by atoms with Gasteiger partial charge < -0.3 is 10.6 Å². The molecule has 1 saturated carbocycles. The second-order valence-corrected chi connectivity index (χ2v) is 3.26. The highest BCUT2D eigenvalue weighted by Gasteiger charge is 2.27. The van der Waals surface area contributed by atoms with E-state index in [1.807, 2.05) is 7.05 Å². The average Bonchev–Trinajstić information content (AvgIpc) is 1.84. The van der Waals surface area contributed by atoms with E-state index in [1.165, 1.54) is 12.8 Å². The van der Waals surface area contributed by atoms with E-state index < -0.39 is 0 Å². The zero-order valence-corrected chi connectivity index (χ0v) is 7.18. The Labute approximate surface area is 67.5 Å². The number of carbonyl (C=O) groups is 1. The molecule has 0 aliphatic heterocycles. The molecule has 3 heteroatoms. The van der Waals surface area contributed by atoms with Crippen molar-refractivity contribution in [1.29, 1.82) is 0 Å². The van der Waals surface area contributed by atoms with Crippen LogP contribution in [0.1, 0.15) is 19.8 Å². The van der Waals surface area contributed by atoms with Crippen LogP contribution >= 0.6 is 0 Å². The molecule has 0 unspecified atom stereocenters. The molecule has 0 bridgehead atoms. The Morgan fingerprint density at radius 1 is 1.55 bits per heavy atom. The number of hydrogen-bond acceptors (Lipinski definition) is 2. The van der Waals surface area contributed by atoms with Crippen molar-refractivity contribution in [2.45, 2.75) is 25.8 Å². The van der Waals surface area contributed by atoms with Gasteiger partial charge in [0, 0.05) is 19.5 Å². The lowest BCUT2D eigenvalue weighted by Crippen LogP contribution is -2.43. The van der Waals surface area contributed by atoms with Crippen LogP contribution in [0.3, 0.4) is 0 Å². The zero-order chi connectivity index (χ0) is 8.27. The molecule has 1 amide bonds. The van der Waals surface area contributed by atoms with Crippen LogP contribution in [0.25, 0.3) is 0 Å². The van der Waals surface area contributed by atoms with E-state index in [-0.39, 0.29) is 5.91 Å². The number of nitrogens with one attached hydrogen (secondary N) is 2. The predicted octanol–water partition coefficient (Wildman–Crippen LogP) is 0.120. The molecule has 64 valence electrons. The fourth-order valence-corrected chi connectivity index (χ4v) is 1.43. The van der Waals surface area contributed by atoms with E-state index in [1.54, 1.807) is 6.92 Å². The van der Waals surface area contributed by atoms with Crippen LogP contribution in [-0.4, -0.2) is 25.5 Å². The Balaban J connectivity index is 2.00. The van der Waals surface area contributed by atoms with E-state index in [2.05, 4.69) is 10.6 Å². The molecular formula is C8H16N2O. The summed E-state index contributed by atoms with van der Waals surface area (Å²) in [6.45, 7) is 2.42. The van der Waals surface area contributed by atoms with Crippen molar-refractivity contribution in [1.82, 2.24) is 10.6 Å². The van der Waals surface area contributed by atoms with Gasteiger partial charge in [-0.1, -0.05) is 0 Å². The summed E-state index contributed by atoms with van der Waals surface area (Å²) in [4.78, 5) is 10.5. The summed E-state index contributed by atoms with van der Waals surface area (Å²) >= 11 is 0. The molecule has 0 aromatic heterocycles. The summed E-state index contributed by atoms with van der Waals surface area (Å²) in [6, 6.07) is 0.689. The van der Waals surface area contributed by atoms with Gasteiger partial charge in [-0.15, -0.1) is 0 Å². The molecule has 0 heterocycles. The molecule has 0 aromatic rings. The number of rotatable bonds is 3. The van der Waals surface area contributed by atoms with E-state index >= 15 is 0 Å². The van der Waals surface area contributed by atoms with Crippen LogP contribution < -0.4 is 10.6 Å². The fraction of sp³-hybridized carbons (Fsp3) is 0.875. The molecule has 3 nitrogen and oxygen atoms in total. The lowest BCUT2D eigenvalue weighted by atomic mass is 9.80. The molecule has 0 aromatic carbocycles. The lowest BCUT2D eigenvalue weighted by Gasteiger charge is -2.34. The third kappa shape index (κ3) is 2.50. The largest absolute Gasteiger partial charge is 0.356 e. The van der Waals surface area contributed by atoms with Gasteiger partial charge in [0.25, 0.3) is 0 Å². The van der Waals surface area contributed by atoms with Gasteiger partial charge in [0.2, 0.25) is 5.91 Å². The minimum Gasteiger partial charge on any atom is -0.356 e. The van der Waals surface area contributed by atoms with Gasteiger partial charge >= 0.3 is 0 Å². The van der Waals surface area contributed by atoms with Crippen molar-refractivity contribution in [3.8, 4) is 0 Å². The maximum Gasteiger partial charge on any atom is 0.216 e. The molecule has 11 heavy (non-hydrogen) atoms. The second-order valence-electron chi connectivity index (χ2n) is 3.26. The van der Waals surface area contributed by atoms with Crippen molar-refractivity contribution >= 4 is 5.91 Å². The van der Waals surface area contributed by atoms with E-state index in [9.17, 15) is 4.79 Å². The maximum atomic E-state index is 10.5. The van der Waals surface area contributed by atoms with Gasteiger partial charge in [0.15, 0.2) is 0 Å². The highest BCUT2D eigenvalue weighted by atomic mass is 16.1. The van der Waals surface area contributed by atoms with Crippen molar-refractivity contribution in [2.24, 2.45) is 5.92 Å². The Kier molecular flexibility index (Phi) is 2.88. The van der Waals surface area contributed by atoms with Gasteiger partial charge in [0.05, 0.1) is 0 Å². The Morgan fingerprint density at radius 3 is 2.64 bits per heavy atom. The average molecular weight is 156 g/mol. The van der Waals surface area contributed by atoms with Gasteiger partial charge in [-0.05, 0) is 25.8 Å². The van der Waals surface area contributed by atoms with E-state index in [4.69, 9.17) is 0 Å². The van der Waals surface area contributed by atoms with Crippen molar-refractivity contribution in [3.63, 3.8) is 0 Å². The van der Waals surface area contributed by atoms with Crippen LogP contribution in [0, 0.1) is 5.92 Å². The standard InChI is InChI=1S/C8H16N2O/c1-6(11)10-5-7-3-8(4-7)9-2/h7-9H,3-5H2,1-2H3,(H,10,11)/t7-,8+. The molecule has 1 aliphatic rings. The minimum absolute atomic E-state index is 0.0814. The number of carbonyl (C=O) groups excluding carboxylic acids is 1. The van der Waals surface area contributed by atoms with Crippen molar-refractivity contribution in [3.05, 3.63) is 0 Å². The zero-order valence-electron chi connectivity index (χ0n) is 7.18. The Bertz CT molecular complexity index is 141. The lowest BCUT2D eigenvalue weighted by molar-refractivity contribution is -0.119. The van der Waals surface area contributed by atoms with Gasteiger partial charge in [-0.2, -0.15) is 0 Å². The molecule has 0 spiro atoms. The normalized spacial score (nSPS) is 29.3. The molecular weight excluding hydrogens is 140 g/mol. The van der Waals surface area contributed by atoms with Gasteiger partial charge in [-0.25, -0.2) is 0 Å². The SMILES string of the molecule is CN[C@H]1C[C@@H](CNC(C)=O)C1. The summed E-state index contributed by atoms with van der Waals surface area (Å²) in [5.41, 5.74) is 0. The highest BCUT2D eigenvalue weighted by Crippen LogP contribution is 2.25. The number of hydrogen-bond donors (Lipinski definition) is 2. The summed E-state index contributed by atoms with van der Waals surface area (Å²) in [5, 5.41) is 6.03. The highest BCUT2D eigenvalue weighted by molar-refractivity contribution is 5.72. The predicted molar refractivity (Wildman–Crippen MR) is 44.3 cm³/mol. The van der Waals surface area contributed by atoms with Crippen LogP contribution in [0.5, 0.6) is 0 Å². The first-order valence-electron chi connectivity index (χ1n) is 4.14. The first-order valence-corrected chi connectivity index (χ1v) is 4.14. The van der Waals surface area contributed by atoms with Crippen LogP contribution in [0.4, 0.5) is 0 Å². The molecule has 1 rings (SSSR count). The molecule has 2 N–H and O–H groups in total. The first-order chi connectivity index (χ1) is 5.22. The molecule has 0 radical (unpaired) electrons. The monoisotopic (exact) mass is 156 g/mol. The first kappa shape index (κ1) is 8.53. The number of amides is 1. The summed E-state index contributed by atoms with van der Waals surface area (Å²) in [6.07, 6.45) is 2.41. The van der Waals surface area contributed by atoms with E-state index in [0.717, 1.165) is 6.54 Å². The Morgan fingerprint density at radius 2 is 2.18 bits per heavy atom. The minimum atomic E-state index is 0.0814. The van der Waals surface area contributed by atoms with Crippen molar-refractivity contribution < 1.29 is 4.79 Å². The molecule has 1 aliphatic carbocycles. The topological polar surface area (TPSA) is 41.1 Å². The molecule has 1 fully saturated rings. The molecule has 0 saturated heterocycles. The van der Waals surface area contributed by atoms with Crippen LogP contribution in [-0.2, 0) is 4.79 Å². The van der Waals surface area contributed by atoms with Crippen LogP contribution in [0.15, 0.2) is 0 Å². The Hall–Kier alpha value is -0.570. The smallest absolute Gasteiger partial charge is 0.216 e. The fourth-order valence-electron chi connectivity index (χ4n) is 1.43. The van der Waals surface area contributed by atoms with Gasteiger partial charge in [-0.3, -0.25) is 4.79 Å². The van der Waals surface area contributed by atoms with Crippen molar-refractivity contribution in [2.75, 3.05) is 13.6 Å².